The fourth-order valence-electron chi connectivity index (χ4n) is 2.23. The Hall–Kier alpha value is -2.44. The number of rotatable bonds is 11. The molecule has 0 bridgehead atoms. The number of carbonyl (C=O) groups is 2. The summed E-state index contributed by atoms with van der Waals surface area (Å²) in [5.41, 5.74) is -0.164. The van der Waals surface area contributed by atoms with Gasteiger partial charge in [0.25, 0.3) is 5.69 Å². The van der Waals surface area contributed by atoms with E-state index in [0.29, 0.717) is 12.5 Å². The third kappa shape index (κ3) is 8.28. The first-order chi connectivity index (χ1) is 12.0. The van der Waals surface area contributed by atoms with E-state index in [1.165, 1.54) is 18.2 Å². The summed E-state index contributed by atoms with van der Waals surface area (Å²) in [6, 6.07) is 5.34. The summed E-state index contributed by atoms with van der Waals surface area (Å²) >= 11 is 0. The van der Waals surface area contributed by atoms with Crippen LogP contribution in [0.5, 0.6) is 5.75 Å². The fourth-order valence-corrected chi connectivity index (χ4v) is 2.23. The molecule has 0 fully saturated rings. The van der Waals surface area contributed by atoms with Gasteiger partial charge in [0, 0.05) is 6.07 Å². The van der Waals surface area contributed by atoms with Gasteiger partial charge in [0.15, 0.2) is 0 Å². The monoisotopic (exact) mass is 351 g/mol. The predicted molar refractivity (Wildman–Crippen MR) is 92.2 cm³/mol. The average molecular weight is 351 g/mol. The van der Waals surface area contributed by atoms with Gasteiger partial charge in [0.2, 0.25) is 0 Å². The molecule has 0 saturated heterocycles. The van der Waals surface area contributed by atoms with E-state index in [1.54, 1.807) is 0 Å². The van der Waals surface area contributed by atoms with Gasteiger partial charge in [0.1, 0.15) is 5.75 Å². The van der Waals surface area contributed by atoms with Crippen LogP contribution < -0.4 is 4.74 Å². The number of esters is 2. The van der Waals surface area contributed by atoms with E-state index in [2.05, 4.69) is 13.8 Å². The maximum atomic E-state index is 11.7. The quantitative estimate of drug-likeness (QED) is 0.258. The Kier molecular flexibility index (Phi) is 9.21. The molecule has 0 saturated carbocycles. The molecular weight excluding hydrogens is 326 g/mol. The van der Waals surface area contributed by atoms with Gasteiger partial charge in [-0.15, -0.1) is 0 Å². The molecule has 0 spiro atoms. The summed E-state index contributed by atoms with van der Waals surface area (Å²) in [6.07, 6.45) is 3.97. The van der Waals surface area contributed by atoms with Gasteiger partial charge in [-0.2, -0.15) is 0 Å². The molecule has 0 N–H and O–H groups in total. The van der Waals surface area contributed by atoms with E-state index in [0.717, 1.165) is 31.7 Å². The Morgan fingerprint density at radius 1 is 1.20 bits per heavy atom. The molecular formula is C18H25NO6. The molecule has 0 aliphatic carbocycles. The van der Waals surface area contributed by atoms with Crippen molar-refractivity contribution in [2.75, 3.05) is 6.61 Å². The minimum absolute atomic E-state index is 0.0715. The summed E-state index contributed by atoms with van der Waals surface area (Å²) in [5.74, 6) is -0.639. The van der Waals surface area contributed by atoms with E-state index in [9.17, 15) is 19.7 Å². The molecule has 0 aliphatic rings. The van der Waals surface area contributed by atoms with E-state index in [1.807, 2.05) is 0 Å². The van der Waals surface area contributed by atoms with Crippen molar-refractivity contribution in [2.24, 2.45) is 5.92 Å². The van der Waals surface area contributed by atoms with Crippen molar-refractivity contribution in [3.05, 3.63) is 34.4 Å². The zero-order valence-corrected chi connectivity index (χ0v) is 14.7. The second-order valence-corrected chi connectivity index (χ2v) is 5.83. The SMILES string of the molecule is CCCCC(CC)COC(=O)CCC(=O)Oc1cccc([N+](=O)[O-])c1. The molecule has 25 heavy (non-hydrogen) atoms. The number of unbranched alkanes of at least 4 members (excludes halogenated alkanes) is 1. The number of nitro groups is 1. The largest absolute Gasteiger partial charge is 0.465 e. The van der Waals surface area contributed by atoms with Crippen LogP contribution in [-0.4, -0.2) is 23.5 Å². The van der Waals surface area contributed by atoms with Crippen LogP contribution in [-0.2, 0) is 14.3 Å². The first kappa shape index (κ1) is 20.6. The molecule has 0 amide bonds. The van der Waals surface area contributed by atoms with Crippen molar-refractivity contribution < 1.29 is 24.0 Å². The van der Waals surface area contributed by atoms with E-state index >= 15 is 0 Å². The Morgan fingerprint density at radius 3 is 2.56 bits per heavy atom. The van der Waals surface area contributed by atoms with Gasteiger partial charge in [0.05, 0.1) is 30.4 Å². The zero-order chi connectivity index (χ0) is 18.7. The third-order valence-corrected chi connectivity index (χ3v) is 3.82. The van der Waals surface area contributed by atoms with Gasteiger partial charge >= 0.3 is 11.9 Å². The number of nitrogens with zero attached hydrogens (tertiary/aromatic N) is 1. The molecule has 138 valence electrons. The van der Waals surface area contributed by atoms with Crippen molar-refractivity contribution in [1.82, 2.24) is 0 Å². The molecule has 1 atom stereocenters. The van der Waals surface area contributed by atoms with Crippen molar-refractivity contribution in [2.45, 2.75) is 52.4 Å². The highest BCUT2D eigenvalue weighted by Crippen LogP contribution is 2.19. The van der Waals surface area contributed by atoms with Crippen molar-refractivity contribution >= 4 is 17.6 Å². The molecule has 1 unspecified atom stereocenters. The maximum absolute atomic E-state index is 11.7. The first-order valence-corrected chi connectivity index (χ1v) is 8.57. The minimum atomic E-state index is -0.629. The molecule has 0 heterocycles. The molecule has 0 radical (unpaired) electrons. The zero-order valence-electron chi connectivity index (χ0n) is 14.7. The highest BCUT2D eigenvalue weighted by Gasteiger charge is 2.14. The normalized spacial score (nSPS) is 11.6. The summed E-state index contributed by atoms with van der Waals surface area (Å²) in [7, 11) is 0. The lowest BCUT2D eigenvalue weighted by molar-refractivity contribution is -0.384. The Balaban J connectivity index is 2.34. The topological polar surface area (TPSA) is 95.7 Å². The Morgan fingerprint density at radius 2 is 1.92 bits per heavy atom. The molecule has 7 nitrogen and oxygen atoms in total. The number of hydrogen-bond donors (Lipinski definition) is 0. The van der Waals surface area contributed by atoms with Crippen LogP contribution >= 0.6 is 0 Å². The smallest absolute Gasteiger partial charge is 0.311 e. The van der Waals surface area contributed by atoms with Crippen LogP contribution in [0.1, 0.15) is 52.4 Å². The molecule has 0 aliphatic heterocycles. The van der Waals surface area contributed by atoms with Gasteiger partial charge < -0.3 is 9.47 Å². The van der Waals surface area contributed by atoms with E-state index in [-0.39, 0.29) is 24.3 Å². The van der Waals surface area contributed by atoms with Crippen molar-refractivity contribution in [3.8, 4) is 5.75 Å². The standard InChI is InChI=1S/C18H25NO6/c1-3-5-7-14(4-2)13-24-17(20)10-11-18(21)25-16-9-6-8-15(12-16)19(22)23/h6,8-9,12,14H,3-5,7,10-11,13H2,1-2H3. The predicted octanol–water partition coefficient (Wildman–Crippen LogP) is 4.04. The number of hydrogen-bond acceptors (Lipinski definition) is 6. The molecule has 1 rings (SSSR count). The van der Waals surface area contributed by atoms with Crippen LogP contribution in [0.4, 0.5) is 5.69 Å². The number of non-ortho nitro benzene ring substituents is 1. The van der Waals surface area contributed by atoms with E-state index in [4.69, 9.17) is 9.47 Å². The summed E-state index contributed by atoms with van der Waals surface area (Å²) in [4.78, 5) is 33.6. The lowest BCUT2D eigenvalue weighted by Crippen LogP contribution is -2.16. The van der Waals surface area contributed by atoms with Gasteiger partial charge in [-0.25, -0.2) is 0 Å². The Bertz CT molecular complexity index is 587. The highest BCUT2D eigenvalue weighted by molar-refractivity contribution is 5.79. The highest BCUT2D eigenvalue weighted by atomic mass is 16.6. The first-order valence-electron chi connectivity index (χ1n) is 8.57. The van der Waals surface area contributed by atoms with Crippen LogP contribution in [0.2, 0.25) is 0 Å². The number of carbonyl (C=O) groups excluding carboxylic acids is 2. The van der Waals surface area contributed by atoms with Crippen LogP contribution in [0.25, 0.3) is 0 Å². The summed E-state index contributed by atoms with van der Waals surface area (Å²) < 4.78 is 10.2. The van der Waals surface area contributed by atoms with E-state index < -0.39 is 16.9 Å². The minimum Gasteiger partial charge on any atom is -0.465 e. The lowest BCUT2D eigenvalue weighted by atomic mass is 10.0. The molecule has 7 heteroatoms. The van der Waals surface area contributed by atoms with Gasteiger partial charge in [-0.1, -0.05) is 39.2 Å². The van der Waals surface area contributed by atoms with Crippen molar-refractivity contribution in [1.29, 1.82) is 0 Å². The summed E-state index contributed by atoms with van der Waals surface area (Å²) in [5, 5.41) is 10.7. The average Bonchev–Trinajstić information content (AvgIpc) is 2.60. The van der Waals surface area contributed by atoms with Crippen molar-refractivity contribution in [3.63, 3.8) is 0 Å². The summed E-state index contributed by atoms with van der Waals surface area (Å²) in [6.45, 7) is 4.55. The second-order valence-electron chi connectivity index (χ2n) is 5.83. The number of benzene rings is 1. The van der Waals surface area contributed by atoms with Crippen LogP contribution in [0, 0.1) is 16.0 Å². The molecule has 1 aromatic carbocycles. The van der Waals surface area contributed by atoms with Crippen LogP contribution in [0.3, 0.4) is 0 Å². The fraction of sp³-hybridized carbons (Fsp3) is 0.556. The second kappa shape index (κ2) is 11.2. The van der Waals surface area contributed by atoms with Gasteiger partial charge in [-0.05, 0) is 18.4 Å². The lowest BCUT2D eigenvalue weighted by Gasteiger charge is -2.14. The number of ether oxygens (including phenoxy) is 2. The molecule has 1 aromatic rings. The third-order valence-electron chi connectivity index (χ3n) is 3.82. The maximum Gasteiger partial charge on any atom is 0.311 e. The molecule has 0 aromatic heterocycles. The Labute approximate surface area is 147 Å². The number of nitro benzene ring substituents is 1. The van der Waals surface area contributed by atoms with Crippen LogP contribution in [0.15, 0.2) is 24.3 Å². The van der Waals surface area contributed by atoms with Gasteiger partial charge in [-0.3, -0.25) is 19.7 Å².